The summed E-state index contributed by atoms with van der Waals surface area (Å²) in [6.07, 6.45) is 0. The summed E-state index contributed by atoms with van der Waals surface area (Å²) in [4.78, 5) is 0. The van der Waals surface area contributed by atoms with E-state index in [1.807, 2.05) is 0 Å². The minimum absolute atomic E-state index is 0.373. The molecule has 0 saturated carbocycles. The molecule has 6 heteroatoms. The molecule has 0 aliphatic carbocycles. The molecule has 0 bridgehead atoms. The Bertz CT molecular complexity index is 615. The molecule has 83 valence electrons. The number of tetrazole rings is 1. The number of aromatic nitrogens is 5. The van der Waals surface area contributed by atoms with Gasteiger partial charge in [-0.3, -0.25) is 4.57 Å². The molecule has 2 aromatic heterocycles. The standard InChI is InChI=1S/C11H7FN5/c12-10-7-6-9(11-13-15-16-14-11)17(10)8-4-2-1-3-5-8/h2-7H,(H,13,14,15,16). The van der Waals surface area contributed by atoms with Crippen molar-refractivity contribution < 1.29 is 4.39 Å². The van der Waals surface area contributed by atoms with Crippen molar-refractivity contribution in [2.45, 2.75) is 0 Å². The Balaban J connectivity index is 2.20. The summed E-state index contributed by atoms with van der Waals surface area (Å²) in [5, 5.41) is 13.3. The number of H-pyrrole nitrogens is 1. The van der Waals surface area contributed by atoms with Crippen LogP contribution in [0.15, 0.2) is 36.4 Å². The quantitative estimate of drug-likeness (QED) is 0.724. The molecule has 0 fully saturated rings. The van der Waals surface area contributed by atoms with Gasteiger partial charge in [-0.05, 0) is 40.8 Å². The maximum absolute atomic E-state index is 13.8. The fraction of sp³-hybridized carbons (Fsp3) is 0. The van der Waals surface area contributed by atoms with Gasteiger partial charge in [0.2, 0.25) is 0 Å². The van der Waals surface area contributed by atoms with Crippen molar-refractivity contribution in [3.63, 3.8) is 0 Å². The number of hydrogen-bond donors (Lipinski definition) is 1. The number of aromatic amines is 1. The highest BCUT2D eigenvalue weighted by Crippen LogP contribution is 2.22. The van der Waals surface area contributed by atoms with Crippen molar-refractivity contribution in [2.24, 2.45) is 0 Å². The van der Waals surface area contributed by atoms with E-state index in [4.69, 9.17) is 0 Å². The molecule has 1 radical (unpaired) electrons. The normalized spacial score (nSPS) is 10.6. The zero-order chi connectivity index (χ0) is 11.7. The minimum Gasteiger partial charge on any atom is -0.283 e. The molecule has 2 heterocycles. The SMILES string of the molecule is Fc1ccc(-c2nnn[nH]2)n1-c1cc[c]cc1. The van der Waals surface area contributed by atoms with Crippen LogP contribution in [0.3, 0.4) is 0 Å². The highest BCUT2D eigenvalue weighted by molar-refractivity contribution is 5.54. The third-order valence-corrected chi connectivity index (χ3v) is 2.38. The molecule has 17 heavy (non-hydrogen) atoms. The van der Waals surface area contributed by atoms with Gasteiger partial charge in [0, 0.05) is 5.69 Å². The lowest BCUT2D eigenvalue weighted by Crippen LogP contribution is -2.00. The van der Waals surface area contributed by atoms with Crippen LogP contribution in [0.25, 0.3) is 17.2 Å². The van der Waals surface area contributed by atoms with Crippen LogP contribution < -0.4 is 0 Å². The van der Waals surface area contributed by atoms with E-state index in [9.17, 15) is 4.39 Å². The van der Waals surface area contributed by atoms with Gasteiger partial charge in [-0.2, -0.15) is 4.39 Å². The lowest BCUT2D eigenvalue weighted by atomic mass is 10.3. The molecular weight excluding hydrogens is 221 g/mol. The summed E-state index contributed by atoms with van der Waals surface area (Å²) >= 11 is 0. The Labute approximate surface area is 95.9 Å². The topological polar surface area (TPSA) is 59.4 Å². The van der Waals surface area contributed by atoms with Crippen molar-refractivity contribution in [3.8, 4) is 17.2 Å². The average Bonchev–Trinajstić information content (AvgIpc) is 2.98. The first-order valence-electron chi connectivity index (χ1n) is 4.94. The predicted octanol–water partition coefficient (Wildman–Crippen LogP) is 1.60. The smallest absolute Gasteiger partial charge is 0.198 e. The largest absolute Gasteiger partial charge is 0.283 e. The van der Waals surface area contributed by atoms with E-state index in [1.165, 1.54) is 10.6 Å². The van der Waals surface area contributed by atoms with Crippen LogP contribution in [0.2, 0.25) is 0 Å². The van der Waals surface area contributed by atoms with E-state index in [-0.39, 0.29) is 5.95 Å². The highest BCUT2D eigenvalue weighted by atomic mass is 19.1. The maximum atomic E-state index is 13.8. The lowest BCUT2D eigenvalue weighted by molar-refractivity contribution is 0.561. The fourth-order valence-electron chi connectivity index (χ4n) is 1.65. The second kappa shape index (κ2) is 3.82. The summed E-state index contributed by atoms with van der Waals surface area (Å²) in [5.74, 6) is 0.0457. The molecule has 3 rings (SSSR count). The van der Waals surface area contributed by atoms with Gasteiger partial charge in [0.25, 0.3) is 0 Å². The molecule has 1 aromatic carbocycles. The van der Waals surface area contributed by atoms with E-state index < -0.39 is 0 Å². The molecule has 0 aliphatic heterocycles. The zero-order valence-corrected chi connectivity index (χ0v) is 8.63. The Morgan fingerprint density at radius 3 is 2.71 bits per heavy atom. The summed E-state index contributed by atoms with van der Waals surface area (Å²) in [6.45, 7) is 0. The van der Waals surface area contributed by atoms with Crippen LogP contribution in [0.1, 0.15) is 0 Å². The first kappa shape index (κ1) is 9.71. The molecule has 0 unspecified atom stereocenters. The van der Waals surface area contributed by atoms with Crippen LogP contribution in [0.4, 0.5) is 4.39 Å². The van der Waals surface area contributed by atoms with E-state index >= 15 is 0 Å². The molecular formula is C11H7FN5. The minimum atomic E-state index is -0.373. The van der Waals surface area contributed by atoms with E-state index in [1.54, 1.807) is 30.3 Å². The predicted molar refractivity (Wildman–Crippen MR) is 57.7 cm³/mol. The summed E-state index contributed by atoms with van der Waals surface area (Å²) in [7, 11) is 0. The van der Waals surface area contributed by atoms with E-state index in [0.29, 0.717) is 17.2 Å². The molecule has 0 aliphatic rings. The van der Waals surface area contributed by atoms with Crippen molar-refractivity contribution in [2.75, 3.05) is 0 Å². The Morgan fingerprint density at radius 2 is 2.00 bits per heavy atom. The number of hydrogen-bond acceptors (Lipinski definition) is 3. The van der Waals surface area contributed by atoms with Gasteiger partial charge >= 0.3 is 0 Å². The molecule has 0 saturated heterocycles. The zero-order valence-electron chi connectivity index (χ0n) is 8.63. The average molecular weight is 228 g/mol. The number of nitrogens with one attached hydrogen (secondary N) is 1. The Morgan fingerprint density at radius 1 is 1.18 bits per heavy atom. The molecule has 5 nitrogen and oxygen atoms in total. The highest BCUT2D eigenvalue weighted by Gasteiger charge is 2.13. The number of benzene rings is 1. The first-order valence-corrected chi connectivity index (χ1v) is 4.94. The molecule has 0 atom stereocenters. The monoisotopic (exact) mass is 228 g/mol. The number of halogens is 1. The fourth-order valence-corrected chi connectivity index (χ4v) is 1.65. The Kier molecular flexibility index (Phi) is 2.18. The van der Waals surface area contributed by atoms with Gasteiger partial charge in [0.1, 0.15) is 0 Å². The van der Waals surface area contributed by atoms with Gasteiger partial charge in [0.05, 0.1) is 5.69 Å². The number of rotatable bonds is 2. The number of nitrogens with zero attached hydrogens (tertiary/aromatic N) is 4. The first-order chi connectivity index (χ1) is 8.36. The van der Waals surface area contributed by atoms with Crippen molar-refractivity contribution >= 4 is 0 Å². The van der Waals surface area contributed by atoms with Gasteiger partial charge < -0.3 is 0 Å². The van der Waals surface area contributed by atoms with Gasteiger partial charge in [-0.25, -0.2) is 5.10 Å². The van der Waals surface area contributed by atoms with Crippen LogP contribution in [0.5, 0.6) is 0 Å². The van der Waals surface area contributed by atoms with Gasteiger partial charge in [-0.1, -0.05) is 12.1 Å². The second-order valence-electron chi connectivity index (χ2n) is 3.38. The van der Waals surface area contributed by atoms with Crippen LogP contribution in [-0.2, 0) is 0 Å². The third-order valence-electron chi connectivity index (χ3n) is 2.38. The molecule has 0 amide bonds. The van der Waals surface area contributed by atoms with E-state index in [2.05, 4.69) is 26.7 Å². The molecule has 3 aromatic rings. The Hall–Kier alpha value is -2.50. The van der Waals surface area contributed by atoms with Crippen molar-refractivity contribution in [1.82, 2.24) is 25.2 Å². The van der Waals surface area contributed by atoms with Gasteiger partial charge in [-0.15, -0.1) is 5.10 Å². The van der Waals surface area contributed by atoms with Gasteiger partial charge in [0.15, 0.2) is 11.8 Å². The lowest BCUT2D eigenvalue weighted by Gasteiger charge is -2.07. The van der Waals surface area contributed by atoms with Crippen molar-refractivity contribution in [3.05, 3.63) is 48.4 Å². The van der Waals surface area contributed by atoms with Crippen molar-refractivity contribution in [1.29, 1.82) is 0 Å². The van der Waals surface area contributed by atoms with Crippen LogP contribution in [0, 0.1) is 12.0 Å². The van der Waals surface area contributed by atoms with Crippen LogP contribution in [-0.4, -0.2) is 25.2 Å². The van der Waals surface area contributed by atoms with Crippen LogP contribution >= 0.6 is 0 Å². The molecule has 1 N–H and O–H groups in total. The summed E-state index contributed by atoms with van der Waals surface area (Å²) in [5.41, 5.74) is 1.26. The summed E-state index contributed by atoms with van der Waals surface area (Å²) in [6, 6.07) is 12.8. The maximum Gasteiger partial charge on any atom is 0.198 e. The summed E-state index contributed by atoms with van der Waals surface area (Å²) < 4.78 is 15.2. The van der Waals surface area contributed by atoms with E-state index in [0.717, 1.165) is 0 Å². The molecule has 0 spiro atoms. The third kappa shape index (κ3) is 1.59. The second-order valence-corrected chi connectivity index (χ2v) is 3.38.